The summed E-state index contributed by atoms with van der Waals surface area (Å²) in [6.45, 7) is 4.12. The monoisotopic (exact) mass is 391 g/mol. The highest BCUT2D eigenvalue weighted by Crippen LogP contribution is 2.27. The first kappa shape index (κ1) is 20.2. The maximum absolute atomic E-state index is 12.4. The molecule has 2 aromatic carbocycles. The Balaban J connectivity index is 1.61. The minimum atomic E-state index is -0.131. The van der Waals surface area contributed by atoms with E-state index in [1.54, 1.807) is 32.5 Å². The highest BCUT2D eigenvalue weighted by atomic mass is 16.5. The zero-order valence-corrected chi connectivity index (χ0v) is 17.1. The van der Waals surface area contributed by atoms with Crippen LogP contribution in [0.25, 0.3) is 0 Å². The summed E-state index contributed by atoms with van der Waals surface area (Å²) < 4.78 is 10.5. The summed E-state index contributed by atoms with van der Waals surface area (Å²) in [6.07, 6.45) is 1.86. The first-order chi connectivity index (χ1) is 14.0. The highest BCUT2D eigenvalue weighted by molar-refractivity contribution is 5.92. The summed E-state index contributed by atoms with van der Waals surface area (Å²) in [4.78, 5) is 16.7. The topological polar surface area (TPSA) is 72.5 Å². The van der Waals surface area contributed by atoms with Crippen molar-refractivity contribution in [3.8, 4) is 11.5 Å². The van der Waals surface area contributed by atoms with Gasteiger partial charge in [-0.15, -0.1) is 0 Å². The molecule has 1 heterocycles. The lowest BCUT2D eigenvalue weighted by Crippen LogP contribution is -2.14. The molecule has 0 saturated carbocycles. The maximum atomic E-state index is 12.4. The molecule has 3 rings (SSSR count). The Labute approximate surface area is 170 Å². The van der Waals surface area contributed by atoms with E-state index in [4.69, 9.17) is 9.47 Å². The molecular weight excluding hydrogens is 366 g/mol. The van der Waals surface area contributed by atoms with Crippen molar-refractivity contribution in [2.45, 2.75) is 20.3 Å². The van der Waals surface area contributed by atoms with Gasteiger partial charge in [0.2, 0.25) is 5.91 Å². The predicted molar refractivity (Wildman–Crippen MR) is 115 cm³/mol. The summed E-state index contributed by atoms with van der Waals surface area (Å²) in [5, 5.41) is 6.14. The zero-order valence-electron chi connectivity index (χ0n) is 17.1. The second-order valence-corrected chi connectivity index (χ2v) is 6.85. The lowest BCUT2D eigenvalue weighted by molar-refractivity contribution is -0.115. The normalized spacial score (nSPS) is 10.3. The summed E-state index contributed by atoms with van der Waals surface area (Å²) in [5.74, 6) is 1.82. The summed E-state index contributed by atoms with van der Waals surface area (Å²) in [6, 6.07) is 15.3. The molecule has 0 fully saturated rings. The zero-order chi connectivity index (χ0) is 20.8. The smallest absolute Gasteiger partial charge is 0.228 e. The molecule has 6 nitrogen and oxygen atoms in total. The molecule has 29 heavy (non-hydrogen) atoms. The average Bonchev–Trinajstić information content (AvgIpc) is 2.68. The molecule has 0 unspecified atom stereocenters. The number of carbonyl (C=O) groups excluding carboxylic acids is 1. The summed E-state index contributed by atoms with van der Waals surface area (Å²) in [5.41, 5.74) is 4.83. The Bertz CT molecular complexity index is 980. The fourth-order valence-electron chi connectivity index (χ4n) is 3.12. The standard InChI is InChI=1S/C23H25N3O3/c1-15-9-16(2)11-19(10-15)25-22-8-6-18(14-24-22)26-23(27)13-17-5-7-20(28-3)21(12-17)29-4/h5-12,14H,13H2,1-4H3,(H,24,25)(H,26,27). The minimum Gasteiger partial charge on any atom is -0.493 e. The number of aromatic nitrogens is 1. The number of anilines is 3. The van der Waals surface area contributed by atoms with Crippen LogP contribution >= 0.6 is 0 Å². The number of methoxy groups -OCH3 is 2. The van der Waals surface area contributed by atoms with Gasteiger partial charge in [0.1, 0.15) is 5.82 Å². The Morgan fingerprint density at radius 3 is 2.24 bits per heavy atom. The van der Waals surface area contributed by atoms with E-state index in [1.807, 2.05) is 18.2 Å². The average molecular weight is 391 g/mol. The molecule has 0 aliphatic carbocycles. The van der Waals surface area contributed by atoms with Crippen molar-refractivity contribution < 1.29 is 14.3 Å². The van der Waals surface area contributed by atoms with Crippen LogP contribution in [-0.4, -0.2) is 25.1 Å². The van der Waals surface area contributed by atoms with E-state index >= 15 is 0 Å². The van der Waals surface area contributed by atoms with Crippen LogP contribution < -0.4 is 20.1 Å². The van der Waals surface area contributed by atoms with Gasteiger partial charge in [-0.25, -0.2) is 4.98 Å². The van der Waals surface area contributed by atoms with Crippen LogP contribution in [-0.2, 0) is 11.2 Å². The van der Waals surface area contributed by atoms with Gasteiger partial charge in [0, 0.05) is 5.69 Å². The van der Waals surface area contributed by atoms with Gasteiger partial charge in [-0.2, -0.15) is 0 Å². The van der Waals surface area contributed by atoms with E-state index < -0.39 is 0 Å². The molecule has 0 saturated heterocycles. The van der Waals surface area contributed by atoms with Crippen molar-refractivity contribution in [2.24, 2.45) is 0 Å². The number of nitrogens with zero attached hydrogens (tertiary/aromatic N) is 1. The van der Waals surface area contributed by atoms with Crippen LogP contribution in [0.5, 0.6) is 11.5 Å². The second kappa shape index (κ2) is 9.10. The number of amides is 1. The molecule has 0 radical (unpaired) electrons. The molecule has 1 amide bonds. The SMILES string of the molecule is COc1ccc(CC(=O)Nc2ccc(Nc3cc(C)cc(C)c3)nc2)cc1OC. The molecule has 6 heteroatoms. The third-order valence-corrected chi connectivity index (χ3v) is 4.35. The van der Waals surface area contributed by atoms with Crippen molar-refractivity contribution in [1.82, 2.24) is 4.98 Å². The number of hydrogen-bond acceptors (Lipinski definition) is 5. The van der Waals surface area contributed by atoms with Crippen LogP contribution in [0.1, 0.15) is 16.7 Å². The van der Waals surface area contributed by atoms with Gasteiger partial charge in [0.25, 0.3) is 0 Å². The molecule has 3 aromatic rings. The molecular formula is C23H25N3O3. The van der Waals surface area contributed by atoms with Crippen molar-refractivity contribution >= 4 is 23.1 Å². The van der Waals surface area contributed by atoms with Gasteiger partial charge in [-0.05, 0) is 66.9 Å². The van der Waals surface area contributed by atoms with Crippen molar-refractivity contribution in [3.05, 3.63) is 71.4 Å². The van der Waals surface area contributed by atoms with E-state index in [1.165, 1.54) is 11.1 Å². The van der Waals surface area contributed by atoms with E-state index in [9.17, 15) is 4.79 Å². The van der Waals surface area contributed by atoms with Gasteiger partial charge in [-0.3, -0.25) is 4.79 Å². The van der Waals surface area contributed by atoms with Gasteiger partial charge < -0.3 is 20.1 Å². The Morgan fingerprint density at radius 1 is 0.897 bits per heavy atom. The van der Waals surface area contributed by atoms with Crippen LogP contribution in [0, 0.1) is 13.8 Å². The van der Waals surface area contributed by atoms with Crippen molar-refractivity contribution in [3.63, 3.8) is 0 Å². The van der Waals surface area contributed by atoms with Crippen LogP contribution in [0.3, 0.4) is 0 Å². The van der Waals surface area contributed by atoms with Crippen LogP contribution in [0.4, 0.5) is 17.2 Å². The molecule has 0 bridgehead atoms. The largest absolute Gasteiger partial charge is 0.493 e. The lowest BCUT2D eigenvalue weighted by atomic mass is 10.1. The fraction of sp³-hybridized carbons (Fsp3) is 0.217. The number of ether oxygens (including phenoxy) is 2. The third-order valence-electron chi connectivity index (χ3n) is 4.35. The number of nitrogens with one attached hydrogen (secondary N) is 2. The maximum Gasteiger partial charge on any atom is 0.228 e. The predicted octanol–water partition coefficient (Wildman–Crippen LogP) is 4.64. The van der Waals surface area contributed by atoms with Crippen LogP contribution in [0.2, 0.25) is 0 Å². The summed E-state index contributed by atoms with van der Waals surface area (Å²) in [7, 11) is 3.15. The van der Waals surface area contributed by atoms with Crippen molar-refractivity contribution in [2.75, 3.05) is 24.9 Å². The second-order valence-electron chi connectivity index (χ2n) is 6.85. The molecule has 2 N–H and O–H groups in total. The first-order valence-electron chi connectivity index (χ1n) is 9.29. The van der Waals surface area contributed by atoms with E-state index in [0.29, 0.717) is 23.0 Å². The molecule has 0 aliphatic heterocycles. The van der Waals surface area contributed by atoms with Gasteiger partial charge in [-0.1, -0.05) is 12.1 Å². The highest BCUT2D eigenvalue weighted by Gasteiger charge is 2.09. The van der Waals surface area contributed by atoms with Gasteiger partial charge in [0.15, 0.2) is 11.5 Å². The van der Waals surface area contributed by atoms with E-state index in [0.717, 1.165) is 11.3 Å². The van der Waals surface area contributed by atoms with Crippen molar-refractivity contribution in [1.29, 1.82) is 0 Å². The minimum absolute atomic E-state index is 0.131. The van der Waals surface area contributed by atoms with Crippen LogP contribution in [0.15, 0.2) is 54.7 Å². The Hall–Kier alpha value is -3.54. The number of pyridine rings is 1. The Kier molecular flexibility index (Phi) is 6.34. The molecule has 1 aromatic heterocycles. The third kappa shape index (κ3) is 5.48. The molecule has 0 atom stereocenters. The Morgan fingerprint density at radius 2 is 1.62 bits per heavy atom. The quantitative estimate of drug-likeness (QED) is 0.614. The van der Waals surface area contributed by atoms with Gasteiger partial charge in [0.05, 0.1) is 32.5 Å². The number of aryl methyl sites for hydroxylation is 2. The van der Waals surface area contributed by atoms with E-state index in [-0.39, 0.29) is 12.3 Å². The number of rotatable bonds is 7. The first-order valence-corrected chi connectivity index (χ1v) is 9.29. The molecule has 0 aliphatic rings. The summed E-state index contributed by atoms with van der Waals surface area (Å²) >= 11 is 0. The molecule has 0 spiro atoms. The fourth-order valence-corrected chi connectivity index (χ4v) is 3.12. The number of carbonyl (C=O) groups is 1. The number of hydrogen-bond donors (Lipinski definition) is 2. The van der Waals surface area contributed by atoms with E-state index in [2.05, 4.69) is 47.7 Å². The lowest BCUT2D eigenvalue weighted by Gasteiger charge is -2.11. The van der Waals surface area contributed by atoms with Gasteiger partial charge >= 0.3 is 0 Å². The molecule has 150 valence electrons. The number of benzene rings is 2.